The van der Waals surface area contributed by atoms with Crippen LogP contribution in [0.2, 0.25) is 0 Å². The molecule has 2 aromatic rings. The van der Waals surface area contributed by atoms with Crippen molar-refractivity contribution in [3.05, 3.63) is 53.1 Å². The average Bonchev–Trinajstić information content (AvgIpc) is 2.44. The van der Waals surface area contributed by atoms with Crippen molar-refractivity contribution >= 4 is 15.5 Å². The van der Waals surface area contributed by atoms with Crippen LogP contribution in [0.5, 0.6) is 5.75 Å². The number of nitrogens with zero attached hydrogens (tertiary/aromatic N) is 2. The summed E-state index contributed by atoms with van der Waals surface area (Å²) in [5, 5.41) is 0. The lowest BCUT2D eigenvalue weighted by molar-refractivity contribution is 0.418. The molecule has 114 valence electrons. The highest BCUT2D eigenvalue weighted by molar-refractivity contribution is 7.89. The van der Waals surface area contributed by atoms with Crippen LogP contribution in [0.15, 0.2) is 30.6 Å². The SMILES string of the molecule is [C-]#[N+]c1cncc(-c2ccc(CS(C)(=O)=O)cc2C)c1OC. The summed E-state index contributed by atoms with van der Waals surface area (Å²) in [4.78, 5) is 7.48. The second-order valence-corrected chi connectivity index (χ2v) is 7.21. The van der Waals surface area contributed by atoms with Crippen LogP contribution in [0.1, 0.15) is 11.1 Å². The molecule has 0 spiro atoms. The van der Waals surface area contributed by atoms with Gasteiger partial charge in [0.25, 0.3) is 0 Å². The highest BCUT2D eigenvalue weighted by Gasteiger charge is 2.14. The van der Waals surface area contributed by atoms with Crippen LogP contribution in [0.4, 0.5) is 5.69 Å². The number of hydrogen-bond donors (Lipinski definition) is 0. The predicted molar refractivity (Wildman–Crippen MR) is 85.8 cm³/mol. The van der Waals surface area contributed by atoms with Gasteiger partial charge in [-0.1, -0.05) is 18.2 Å². The van der Waals surface area contributed by atoms with E-state index >= 15 is 0 Å². The molecule has 2 rings (SSSR count). The Hall–Kier alpha value is -2.39. The summed E-state index contributed by atoms with van der Waals surface area (Å²) in [6.45, 7) is 9.07. The molecule has 0 radical (unpaired) electrons. The Morgan fingerprint density at radius 1 is 1.27 bits per heavy atom. The molecule has 1 heterocycles. The topological polar surface area (TPSA) is 60.6 Å². The Kier molecular flexibility index (Phi) is 4.48. The minimum atomic E-state index is -3.07. The number of benzene rings is 1. The van der Waals surface area contributed by atoms with Gasteiger partial charge in [0, 0.05) is 24.2 Å². The number of aryl methyl sites for hydroxylation is 1. The number of rotatable bonds is 4. The van der Waals surface area contributed by atoms with Crippen LogP contribution < -0.4 is 4.74 Å². The van der Waals surface area contributed by atoms with Crippen molar-refractivity contribution in [1.29, 1.82) is 0 Å². The highest BCUT2D eigenvalue weighted by atomic mass is 32.2. The summed E-state index contributed by atoms with van der Waals surface area (Å²) in [5.74, 6) is 0.481. The van der Waals surface area contributed by atoms with Crippen molar-refractivity contribution in [2.24, 2.45) is 0 Å². The summed E-state index contributed by atoms with van der Waals surface area (Å²) in [6, 6.07) is 5.44. The zero-order valence-corrected chi connectivity index (χ0v) is 13.4. The van der Waals surface area contributed by atoms with Crippen molar-refractivity contribution in [3.63, 3.8) is 0 Å². The van der Waals surface area contributed by atoms with Crippen molar-refractivity contribution in [1.82, 2.24) is 4.98 Å². The van der Waals surface area contributed by atoms with Crippen molar-refractivity contribution in [3.8, 4) is 16.9 Å². The van der Waals surface area contributed by atoms with E-state index in [4.69, 9.17) is 11.3 Å². The molecule has 0 N–H and O–H groups in total. The summed E-state index contributed by atoms with van der Waals surface area (Å²) in [7, 11) is -1.56. The molecular formula is C16H16N2O3S. The third-order valence-corrected chi connectivity index (χ3v) is 4.07. The van der Waals surface area contributed by atoms with Gasteiger partial charge in [-0.25, -0.2) is 13.3 Å². The molecule has 0 aliphatic carbocycles. The minimum Gasteiger partial charge on any atom is -0.507 e. The molecule has 0 saturated heterocycles. The minimum absolute atomic E-state index is 0.00555. The number of aromatic nitrogens is 1. The van der Waals surface area contributed by atoms with E-state index in [2.05, 4.69) is 9.83 Å². The molecule has 0 aliphatic heterocycles. The molecule has 22 heavy (non-hydrogen) atoms. The molecule has 0 bridgehead atoms. The van der Waals surface area contributed by atoms with E-state index in [0.717, 1.165) is 22.3 Å². The van der Waals surface area contributed by atoms with Crippen LogP contribution in [0, 0.1) is 13.5 Å². The third-order valence-electron chi connectivity index (χ3n) is 3.21. The van der Waals surface area contributed by atoms with Gasteiger partial charge < -0.3 is 4.74 Å². The summed E-state index contributed by atoms with van der Waals surface area (Å²) in [5.41, 5.74) is 3.58. The number of sulfone groups is 1. The first-order valence-corrected chi connectivity index (χ1v) is 8.59. The third kappa shape index (κ3) is 3.43. The number of ether oxygens (including phenoxy) is 1. The van der Waals surface area contributed by atoms with Crippen LogP contribution in [-0.2, 0) is 15.6 Å². The van der Waals surface area contributed by atoms with E-state index in [1.54, 1.807) is 12.3 Å². The molecule has 6 heteroatoms. The molecule has 1 aromatic carbocycles. The van der Waals surface area contributed by atoms with Gasteiger partial charge in [0.15, 0.2) is 9.84 Å². The van der Waals surface area contributed by atoms with E-state index in [1.165, 1.54) is 19.6 Å². The molecule has 5 nitrogen and oxygen atoms in total. The van der Waals surface area contributed by atoms with Crippen molar-refractivity contribution < 1.29 is 13.2 Å². The van der Waals surface area contributed by atoms with Gasteiger partial charge in [0.1, 0.15) is 5.75 Å². The Balaban J connectivity index is 2.54. The van der Waals surface area contributed by atoms with Gasteiger partial charge in [-0.2, -0.15) is 0 Å². The molecule has 1 aromatic heterocycles. The standard InChI is InChI=1S/C16H16N2O3S/c1-11-7-12(10-22(4,19)20)5-6-13(11)14-8-18-9-15(17-2)16(14)21-3/h5-9H,10H2,1,3-4H3. The van der Waals surface area contributed by atoms with Crippen LogP contribution in [0.3, 0.4) is 0 Å². The van der Waals surface area contributed by atoms with E-state index in [1.807, 2.05) is 19.1 Å². The fraction of sp³-hybridized carbons (Fsp3) is 0.250. The molecule has 0 aliphatic rings. The Labute approximate surface area is 130 Å². The van der Waals surface area contributed by atoms with Crippen LogP contribution in [0.25, 0.3) is 16.0 Å². The van der Waals surface area contributed by atoms with Crippen molar-refractivity contribution in [2.75, 3.05) is 13.4 Å². The number of methoxy groups -OCH3 is 1. The molecule has 0 unspecified atom stereocenters. The van der Waals surface area contributed by atoms with E-state index < -0.39 is 9.84 Å². The van der Waals surface area contributed by atoms with Crippen molar-refractivity contribution in [2.45, 2.75) is 12.7 Å². The molecule has 0 fully saturated rings. The lowest BCUT2D eigenvalue weighted by Crippen LogP contribution is -2.01. The Morgan fingerprint density at radius 3 is 2.55 bits per heavy atom. The molecule has 0 atom stereocenters. The second-order valence-electron chi connectivity index (χ2n) is 5.07. The van der Waals surface area contributed by atoms with Gasteiger partial charge in [0.05, 0.1) is 19.4 Å². The van der Waals surface area contributed by atoms with Gasteiger partial charge >= 0.3 is 0 Å². The van der Waals surface area contributed by atoms with E-state index in [-0.39, 0.29) is 5.75 Å². The first-order chi connectivity index (χ1) is 10.4. The molecular weight excluding hydrogens is 300 g/mol. The number of pyridine rings is 1. The van der Waals surface area contributed by atoms with Crippen LogP contribution in [-0.4, -0.2) is 26.8 Å². The Bertz CT molecular complexity index is 852. The lowest BCUT2D eigenvalue weighted by atomic mass is 9.99. The monoisotopic (exact) mass is 316 g/mol. The summed E-state index contributed by atoms with van der Waals surface area (Å²) < 4.78 is 28.1. The fourth-order valence-corrected chi connectivity index (χ4v) is 3.13. The maximum atomic E-state index is 11.4. The fourth-order valence-electron chi connectivity index (χ4n) is 2.34. The second kappa shape index (κ2) is 6.16. The zero-order valence-electron chi connectivity index (χ0n) is 12.6. The maximum Gasteiger partial charge on any atom is 0.246 e. The Morgan fingerprint density at radius 2 is 2.00 bits per heavy atom. The predicted octanol–water partition coefficient (Wildman–Crippen LogP) is 3.16. The summed E-state index contributed by atoms with van der Waals surface area (Å²) in [6.07, 6.45) is 4.32. The van der Waals surface area contributed by atoms with E-state index in [0.29, 0.717) is 11.4 Å². The first kappa shape index (κ1) is 16.0. The molecule has 0 amide bonds. The normalized spacial score (nSPS) is 11.0. The van der Waals surface area contributed by atoms with Crippen LogP contribution >= 0.6 is 0 Å². The van der Waals surface area contributed by atoms with Gasteiger partial charge in [-0.05, 0) is 23.6 Å². The first-order valence-electron chi connectivity index (χ1n) is 6.53. The lowest BCUT2D eigenvalue weighted by Gasteiger charge is -2.13. The molecule has 0 saturated carbocycles. The zero-order chi connectivity index (χ0) is 16.3. The summed E-state index contributed by atoms with van der Waals surface area (Å²) >= 11 is 0. The average molecular weight is 316 g/mol. The number of hydrogen-bond acceptors (Lipinski definition) is 4. The maximum absolute atomic E-state index is 11.4. The highest BCUT2D eigenvalue weighted by Crippen LogP contribution is 2.38. The smallest absolute Gasteiger partial charge is 0.246 e. The van der Waals surface area contributed by atoms with E-state index in [9.17, 15) is 8.42 Å². The van der Waals surface area contributed by atoms with Gasteiger partial charge in [0.2, 0.25) is 5.69 Å². The quantitative estimate of drug-likeness (QED) is 0.813. The largest absolute Gasteiger partial charge is 0.507 e. The van der Waals surface area contributed by atoms with Gasteiger partial charge in [-0.3, -0.25) is 4.98 Å². The van der Waals surface area contributed by atoms with Gasteiger partial charge in [-0.15, -0.1) is 0 Å².